The lowest BCUT2D eigenvalue weighted by Crippen LogP contribution is -2.21. The van der Waals surface area contributed by atoms with Gasteiger partial charge in [0.15, 0.2) is 0 Å². The molecule has 1 saturated carbocycles. The SMILES string of the molecule is COC1CCCC1n1cnnc1CCl. The van der Waals surface area contributed by atoms with Crippen LogP contribution < -0.4 is 0 Å². The summed E-state index contributed by atoms with van der Waals surface area (Å²) in [5.74, 6) is 1.24. The van der Waals surface area contributed by atoms with Crippen molar-refractivity contribution in [2.45, 2.75) is 37.3 Å². The van der Waals surface area contributed by atoms with Crippen LogP contribution in [0.4, 0.5) is 0 Å². The average Bonchev–Trinajstić information content (AvgIpc) is 2.85. The van der Waals surface area contributed by atoms with Gasteiger partial charge >= 0.3 is 0 Å². The normalized spacial score (nSPS) is 27.0. The Labute approximate surface area is 88.2 Å². The van der Waals surface area contributed by atoms with Crippen LogP contribution in [0, 0.1) is 0 Å². The van der Waals surface area contributed by atoms with E-state index < -0.39 is 0 Å². The molecule has 0 radical (unpaired) electrons. The van der Waals surface area contributed by atoms with E-state index in [1.807, 2.05) is 4.57 Å². The summed E-state index contributed by atoms with van der Waals surface area (Å²) in [6.07, 6.45) is 5.47. The molecule has 14 heavy (non-hydrogen) atoms. The molecular weight excluding hydrogens is 202 g/mol. The van der Waals surface area contributed by atoms with Gasteiger partial charge in [-0.1, -0.05) is 0 Å². The van der Waals surface area contributed by atoms with E-state index in [2.05, 4.69) is 10.2 Å². The summed E-state index contributed by atoms with van der Waals surface area (Å²) in [7, 11) is 1.76. The highest BCUT2D eigenvalue weighted by atomic mass is 35.5. The lowest BCUT2D eigenvalue weighted by Gasteiger charge is -2.20. The van der Waals surface area contributed by atoms with Crippen LogP contribution in [0.15, 0.2) is 6.33 Å². The number of halogens is 1. The maximum absolute atomic E-state index is 5.78. The van der Waals surface area contributed by atoms with Gasteiger partial charge in [0.05, 0.1) is 18.0 Å². The van der Waals surface area contributed by atoms with Crippen molar-refractivity contribution in [3.05, 3.63) is 12.2 Å². The van der Waals surface area contributed by atoms with Crippen LogP contribution >= 0.6 is 11.6 Å². The maximum Gasteiger partial charge on any atom is 0.148 e. The van der Waals surface area contributed by atoms with Gasteiger partial charge in [0, 0.05) is 7.11 Å². The third-order valence-electron chi connectivity index (χ3n) is 2.84. The summed E-state index contributed by atoms with van der Waals surface area (Å²) in [6, 6.07) is 0.365. The van der Waals surface area contributed by atoms with Crippen molar-refractivity contribution in [1.29, 1.82) is 0 Å². The van der Waals surface area contributed by atoms with E-state index in [-0.39, 0.29) is 6.10 Å². The van der Waals surface area contributed by atoms with Crippen LogP contribution in [-0.4, -0.2) is 28.0 Å². The Morgan fingerprint density at radius 1 is 1.64 bits per heavy atom. The van der Waals surface area contributed by atoms with Crippen molar-refractivity contribution in [3.8, 4) is 0 Å². The van der Waals surface area contributed by atoms with E-state index >= 15 is 0 Å². The number of hydrogen-bond donors (Lipinski definition) is 0. The summed E-state index contributed by atoms with van der Waals surface area (Å²) >= 11 is 5.78. The standard InChI is InChI=1S/C9H14ClN3O/c1-14-8-4-2-3-7(8)13-6-11-12-9(13)5-10/h6-8H,2-5H2,1H3. The average molecular weight is 216 g/mol. The Balaban J connectivity index is 2.21. The molecule has 1 aliphatic rings. The minimum atomic E-state index is 0.285. The van der Waals surface area contributed by atoms with Gasteiger partial charge in [-0.2, -0.15) is 0 Å². The summed E-state index contributed by atoms with van der Waals surface area (Å²) in [5.41, 5.74) is 0. The quantitative estimate of drug-likeness (QED) is 0.722. The molecule has 1 aromatic rings. The predicted molar refractivity (Wildman–Crippen MR) is 53.3 cm³/mol. The van der Waals surface area contributed by atoms with E-state index in [0.29, 0.717) is 11.9 Å². The number of methoxy groups -OCH3 is 1. The van der Waals surface area contributed by atoms with Crippen LogP contribution in [-0.2, 0) is 10.6 Å². The summed E-state index contributed by atoms with van der Waals surface area (Å²) in [6.45, 7) is 0. The molecule has 2 unspecified atom stereocenters. The molecule has 0 spiro atoms. The molecule has 1 aliphatic carbocycles. The fourth-order valence-electron chi connectivity index (χ4n) is 2.14. The van der Waals surface area contributed by atoms with Gasteiger partial charge in [0.2, 0.25) is 0 Å². The maximum atomic E-state index is 5.78. The number of ether oxygens (including phenoxy) is 1. The van der Waals surface area contributed by atoms with E-state index in [4.69, 9.17) is 16.3 Å². The van der Waals surface area contributed by atoms with Crippen LogP contribution in [0.1, 0.15) is 31.1 Å². The minimum Gasteiger partial charge on any atom is -0.379 e. The molecule has 5 heteroatoms. The van der Waals surface area contributed by atoms with Crippen LogP contribution in [0.25, 0.3) is 0 Å². The highest BCUT2D eigenvalue weighted by molar-refractivity contribution is 6.16. The molecule has 2 rings (SSSR count). The molecule has 0 aliphatic heterocycles. The van der Waals surface area contributed by atoms with E-state index in [1.54, 1.807) is 13.4 Å². The highest BCUT2D eigenvalue weighted by Crippen LogP contribution is 2.32. The van der Waals surface area contributed by atoms with Crippen molar-refractivity contribution in [1.82, 2.24) is 14.8 Å². The second-order valence-electron chi connectivity index (χ2n) is 3.56. The Morgan fingerprint density at radius 2 is 2.50 bits per heavy atom. The first-order valence-electron chi connectivity index (χ1n) is 4.84. The van der Waals surface area contributed by atoms with Crippen LogP contribution in [0.5, 0.6) is 0 Å². The van der Waals surface area contributed by atoms with Gasteiger partial charge in [0.1, 0.15) is 12.2 Å². The third-order valence-corrected chi connectivity index (χ3v) is 3.08. The first-order chi connectivity index (χ1) is 6.86. The number of hydrogen-bond acceptors (Lipinski definition) is 3. The Bertz CT molecular complexity index is 302. The zero-order chi connectivity index (χ0) is 9.97. The largest absolute Gasteiger partial charge is 0.379 e. The highest BCUT2D eigenvalue weighted by Gasteiger charge is 2.29. The fourth-order valence-corrected chi connectivity index (χ4v) is 2.33. The second kappa shape index (κ2) is 4.28. The van der Waals surface area contributed by atoms with Crippen molar-refractivity contribution >= 4 is 11.6 Å². The smallest absolute Gasteiger partial charge is 0.148 e. The van der Waals surface area contributed by atoms with E-state index in [1.165, 1.54) is 6.42 Å². The zero-order valence-electron chi connectivity index (χ0n) is 8.19. The third kappa shape index (κ3) is 1.64. The fraction of sp³-hybridized carbons (Fsp3) is 0.778. The van der Waals surface area contributed by atoms with Gasteiger partial charge in [-0.25, -0.2) is 0 Å². The molecule has 2 atom stereocenters. The molecule has 0 N–H and O–H groups in total. The van der Waals surface area contributed by atoms with Gasteiger partial charge in [-0.15, -0.1) is 21.8 Å². The molecule has 0 saturated heterocycles. The van der Waals surface area contributed by atoms with Crippen LogP contribution in [0.3, 0.4) is 0 Å². The summed E-state index contributed by atoms with van der Waals surface area (Å²) in [4.78, 5) is 0. The van der Waals surface area contributed by atoms with Crippen LogP contribution in [0.2, 0.25) is 0 Å². The monoisotopic (exact) mass is 215 g/mol. The molecule has 1 aromatic heterocycles. The van der Waals surface area contributed by atoms with E-state index in [0.717, 1.165) is 18.7 Å². The second-order valence-corrected chi connectivity index (χ2v) is 3.83. The van der Waals surface area contributed by atoms with E-state index in [9.17, 15) is 0 Å². The molecule has 1 heterocycles. The number of rotatable bonds is 3. The summed E-state index contributed by atoms with van der Waals surface area (Å²) < 4.78 is 7.48. The Morgan fingerprint density at radius 3 is 3.21 bits per heavy atom. The predicted octanol–water partition coefficient (Wildman–Crippen LogP) is 1.76. The van der Waals surface area contributed by atoms with Gasteiger partial charge in [-0.05, 0) is 19.3 Å². The van der Waals surface area contributed by atoms with Crippen molar-refractivity contribution < 1.29 is 4.74 Å². The van der Waals surface area contributed by atoms with Crippen molar-refractivity contribution in [2.24, 2.45) is 0 Å². The molecule has 1 fully saturated rings. The molecule has 0 aromatic carbocycles. The Kier molecular flexibility index (Phi) is 3.03. The first-order valence-corrected chi connectivity index (χ1v) is 5.37. The lowest BCUT2D eigenvalue weighted by molar-refractivity contribution is 0.0741. The summed E-state index contributed by atoms with van der Waals surface area (Å²) in [5, 5.41) is 7.85. The molecule has 0 amide bonds. The number of aromatic nitrogens is 3. The molecule has 0 bridgehead atoms. The van der Waals surface area contributed by atoms with Gasteiger partial charge in [0.25, 0.3) is 0 Å². The number of alkyl halides is 1. The zero-order valence-corrected chi connectivity index (χ0v) is 8.94. The number of nitrogens with zero attached hydrogens (tertiary/aromatic N) is 3. The Hall–Kier alpha value is -0.610. The lowest BCUT2D eigenvalue weighted by atomic mass is 10.2. The molecule has 78 valence electrons. The topological polar surface area (TPSA) is 39.9 Å². The first kappa shape index (κ1) is 9.93. The van der Waals surface area contributed by atoms with Crippen molar-refractivity contribution in [2.75, 3.05) is 7.11 Å². The minimum absolute atomic E-state index is 0.285. The van der Waals surface area contributed by atoms with Crippen molar-refractivity contribution in [3.63, 3.8) is 0 Å². The molecular formula is C9H14ClN3O. The molecule has 4 nitrogen and oxygen atoms in total. The van der Waals surface area contributed by atoms with Gasteiger partial charge in [-0.3, -0.25) is 0 Å². The van der Waals surface area contributed by atoms with Gasteiger partial charge < -0.3 is 9.30 Å².